The monoisotopic (exact) mass is 150 g/mol. The predicted molar refractivity (Wildman–Crippen MR) is 43.3 cm³/mol. The first-order valence-electron chi connectivity index (χ1n) is 3.65. The molecule has 0 aliphatic carbocycles. The molecule has 1 rings (SSSR count). The summed E-state index contributed by atoms with van der Waals surface area (Å²) in [5.74, 6) is 2.53. The molecule has 0 spiro atoms. The van der Waals surface area contributed by atoms with Crippen molar-refractivity contribution in [2.75, 3.05) is 7.11 Å². The van der Waals surface area contributed by atoms with E-state index in [9.17, 15) is 0 Å². The largest absolute Gasteiger partial charge is 0.381 e. The van der Waals surface area contributed by atoms with E-state index in [-0.39, 0.29) is 18.2 Å². The molecule has 0 bridgehead atoms. The zero-order valence-corrected chi connectivity index (χ0v) is 6.62. The first-order valence-corrected chi connectivity index (χ1v) is 3.65. The van der Waals surface area contributed by atoms with E-state index >= 15 is 0 Å². The molecular formula is C8H11BO2. The van der Waals surface area contributed by atoms with Crippen LogP contribution in [-0.4, -0.2) is 33.2 Å². The zero-order valence-electron chi connectivity index (χ0n) is 6.62. The summed E-state index contributed by atoms with van der Waals surface area (Å²) >= 11 is 0. The Morgan fingerprint density at radius 2 is 2.55 bits per heavy atom. The van der Waals surface area contributed by atoms with Gasteiger partial charge < -0.3 is 9.47 Å². The molecule has 58 valence electrons. The number of hydrogen-bond donors (Lipinski definition) is 0. The molecule has 2 radical (unpaired) electrons. The Morgan fingerprint density at radius 1 is 1.82 bits per heavy atom. The van der Waals surface area contributed by atoms with Crippen molar-refractivity contribution >= 4 is 7.85 Å². The number of rotatable bonds is 2. The molecule has 1 aliphatic heterocycles. The SMILES string of the molecule is [B][C@H]1CC(OC)[C@@H](CC#C)O1. The second-order valence-electron chi connectivity index (χ2n) is 2.63. The van der Waals surface area contributed by atoms with Crippen LogP contribution < -0.4 is 0 Å². The van der Waals surface area contributed by atoms with Crippen molar-refractivity contribution in [1.82, 2.24) is 0 Å². The Bertz CT molecular complexity index is 164. The van der Waals surface area contributed by atoms with Crippen LogP contribution in [0.25, 0.3) is 0 Å². The molecule has 1 saturated heterocycles. The Balaban J connectivity index is 2.45. The van der Waals surface area contributed by atoms with Crippen molar-refractivity contribution < 1.29 is 9.47 Å². The van der Waals surface area contributed by atoms with E-state index in [0.717, 1.165) is 6.42 Å². The summed E-state index contributed by atoms with van der Waals surface area (Å²) in [5, 5.41) is 0. The topological polar surface area (TPSA) is 18.5 Å². The predicted octanol–water partition coefficient (Wildman–Crippen LogP) is 0.308. The minimum atomic E-state index is -0.210. The van der Waals surface area contributed by atoms with Gasteiger partial charge in [0, 0.05) is 19.5 Å². The average Bonchev–Trinajstić information content (AvgIpc) is 2.32. The van der Waals surface area contributed by atoms with E-state index in [4.69, 9.17) is 23.7 Å². The summed E-state index contributed by atoms with van der Waals surface area (Å²) in [6, 6.07) is -0.210. The van der Waals surface area contributed by atoms with Gasteiger partial charge in [-0.25, -0.2) is 0 Å². The van der Waals surface area contributed by atoms with Gasteiger partial charge in [0.05, 0.1) is 12.2 Å². The number of methoxy groups -OCH3 is 1. The first-order chi connectivity index (χ1) is 5.27. The Morgan fingerprint density at radius 3 is 3.09 bits per heavy atom. The van der Waals surface area contributed by atoms with Crippen LogP contribution in [0.1, 0.15) is 12.8 Å². The van der Waals surface area contributed by atoms with Crippen LogP contribution >= 0.6 is 0 Å². The van der Waals surface area contributed by atoms with E-state index in [0.29, 0.717) is 6.42 Å². The number of terminal acetylenes is 1. The van der Waals surface area contributed by atoms with Crippen LogP contribution in [-0.2, 0) is 9.47 Å². The fourth-order valence-electron chi connectivity index (χ4n) is 1.29. The maximum absolute atomic E-state index is 5.55. The van der Waals surface area contributed by atoms with E-state index < -0.39 is 0 Å². The van der Waals surface area contributed by atoms with Crippen LogP contribution in [0.15, 0.2) is 0 Å². The van der Waals surface area contributed by atoms with Gasteiger partial charge in [-0.05, 0) is 6.42 Å². The van der Waals surface area contributed by atoms with Gasteiger partial charge in [0.25, 0.3) is 0 Å². The molecule has 11 heavy (non-hydrogen) atoms. The third-order valence-corrected chi connectivity index (χ3v) is 1.85. The molecule has 2 nitrogen and oxygen atoms in total. The summed E-state index contributed by atoms with van der Waals surface area (Å²) in [5.41, 5.74) is 0. The normalized spacial score (nSPS) is 36.9. The zero-order chi connectivity index (χ0) is 8.27. The van der Waals surface area contributed by atoms with Crippen LogP contribution in [0.5, 0.6) is 0 Å². The Labute approximate surface area is 68.7 Å². The smallest absolute Gasteiger partial charge is 0.109 e. The first kappa shape index (κ1) is 8.64. The summed E-state index contributed by atoms with van der Waals surface area (Å²) in [6.45, 7) is 0. The standard InChI is InChI=1S/C8H11BO2/c1-3-4-6-7(10-2)5-8(9)11-6/h1,6-8H,4-5H2,2H3/t6-,7?,8-/m1/s1. The van der Waals surface area contributed by atoms with E-state index in [1.54, 1.807) is 7.11 Å². The third-order valence-electron chi connectivity index (χ3n) is 1.85. The lowest BCUT2D eigenvalue weighted by atomic mass is 9.96. The fourth-order valence-corrected chi connectivity index (χ4v) is 1.29. The molecule has 0 saturated carbocycles. The quantitative estimate of drug-likeness (QED) is 0.416. The third kappa shape index (κ3) is 1.98. The number of hydrogen-bond acceptors (Lipinski definition) is 2. The Hall–Kier alpha value is -0.455. The van der Waals surface area contributed by atoms with Crippen molar-refractivity contribution in [3.63, 3.8) is 0 Å². The highest BCUT2D eigenvalue weighted by molar-refractivity contribution is 6.11. The van der Waals surface area contributed by atoms with Crippen molar-refractivity contribution in [2.24, 2.45) is 0 Å². The molecule has 3 heteroatoms. The molecule has 1 unspecified atom stereocenters. The van der Waals surface area contributed by atoms with Gasteiger partial charge in [0.2, 0.25) is 0 Å². The molecule has 0 aromatic heterocycles. The molecule has 0 aromatic carbocycles. The summed E-state index contributed by atoms with van der Waals surface area (Å²) < 4.78 is 10.5. The minimum Gasteiger partial charge on any atom is -0.381 e. The molecule has 1 aliphatic rings. The lowest BCUT2D eigenvalue weighted by Crippen LogP contribution is -2.22. The average molecular weight is 150 g/mol. The molecule has 0 aromatic rings. The lowest BCUT2D eigenvalue weighted by Gasteiger charge is -2.13. The molecule has 3 atom stereocenters. The van der Waals surface area contributed by atoms with Crippen molar-refractivity contribution in [1.29, 1.82) is 0 Å². The van der Waals surface area contributed by atoms with Gasteiger partial charge in [-0.2, -0.15) is 0 Å². The summed E-state index contributed by atoms with van der Waals surface area (Å²) in [4.78, 5) is 0. The van der Waals surface area contributed by atoms with Gasteiger partial charge in [0.15, 0.2) is 0 Å². The highest BCUT2D eigenvalue weighted by atomic mass is 16.6. The van der Waals surface area contributed by atoms with Gasteiger partial charge in [-0.1, -0.05) is 0 Å². The highest BCUT2D eigenvalue weighted by Gasteiger charge is 2.31. The van der Waals surface area contributed by atoms with Gasteiger partial charge in [-0.15, -0.1) is 12.3 Å². The van der Waals surface area contributed by atoms with Gasteiger partial charge in [-0.3, -0.25) is 0 Å². The van der Waals surface area contributed by atoms with Gasteiger partial charge in [0.1, 0.15) is 7.85 Å². The van der Waals surface area contributed by atoms with Crippen LogP contribution in [0.2, 0.25) is 0 Å². The molecule has 1 fully saturated rings. The van der Waals surface area contributed by atoms with Crippen LogP contribution in [0, 0.1) is 12.3 Å². The van der Waals surface area contributed by atoms with Crippen molar-refractivity contribution in [2.45, 2.75) is 31.1 Å². The Kier molecular flexibility index (Phi) is 2.98. The number of ether oxygens (including phenoxy) is 2. The van der Waals surface area contributed by atoms with E-state index in [2.05, 4.69) is 5.92 Å². The van der Waals surface area contributed by atoms with Crippen LogP contribution in [0.4, 0.5) is 0 Å². The molecular weight excluding hydrogens is 139 g/mol. The molecule has 0 N–H and O–H groups in total. The van der Waals surface area contributed by atoms with E-state index in [1.807, 2.05) is 0 Å². The summed E-state index contributed by atoms with van der Waals surface area (Å²) in [7, 11) is 7.20. The van der Waals surface area contributed by atoms with Crippen molar-refractivity contribution in [3.05, 3.63) is 0 Å². The fraction of sp³-hybridized carbons (Fsp3) is 0.750. The van der Waals surface area contributed by atoms with Gasteiger partial charge >= 0.3 is 0 Å². The lowest BCUT2D eigenvalue weighted by molar-refractivity contribution is 0.0132. The van der Waals surface area contributed by atoms with Crippen molar-refractivity contribution in [3.8, 4) is 12.3 Å². The summed E-state index contributed by atoms with van der Waals surface area (Å²) in [6.07, 6.45) is 6.52. The second-order valence-corrected chi connectivity index (χ2v) is 2.63. The van der Waals surface area contributed by atoms with E-state index in [1.165, 1.54) is 0 Å². The molecule has 1 heterocycles. The minimum absolute atomic E-state index is 0.0139. The maximum atomic E-state index is 5.55. The van der Waals surface area contributed by atoms with Crippen LogP contribution in [0.3, 0.4) is 0 Å². The maximum Gasteiger partial charge on any atom is 0.109 e. The molecule has 0 amide bonds. The highest BCUT2D eigenvalue weighted by Crippen LogP contribution is 2.22. The second kappa shape index (κ2) is 3.80.